The highest BCUT2D eigenvalue weighted by atomic mass is 19.2. The van der Waals surface area contributed by atoms with Crippen molar-refractivity contribution in [2.24, 2.45) is 0 Å². The second-order valence-corrected chi connectivity index (χ2v) is 6.18. The summed E-state index contributed by atoms with van der Waals surface area (Å²) in [5.41, 5.74) is 0.103. The van der Waals surface area contributed by atoms with Crippen molar-refractivity contribution in [1.29, 1.82) is 0 Å². The second kappa shape index (κ2) is 6.35. The summed E-state index contributed by atoms with van der Waals surface area (Å²) in [6, 6.07) is 2.93. The molecule has 1 aromatic carbocycles. The van der Waals surface area contributed by atoms with Gasteiger partial charge in [0.05, 0.1) is 18.2 Å². The van der Waals surface area contributed by atoms with Gasteiger partial charge in [0.2, 0.25) is 5.91 Å². The maximum absolute atomic E-state index is 13.4. The summed E-state index contributed by atoms with van der Waals surface area (Å²) in [5, 5.41) is 0. The first-order valence-corrected chi connectivity index (χ1v) is 8.10. The first-order valence-electron chi connectivity index (χ1n) is 8.10. The number of rotatable bonds is 3. The van der Waals surface area contributed by atoms with E-state index in [2.05, 4.69) is 11.8 Å². The molecule has 0 aliphatic carbocycles. The van der Waals surface area contributed by atoms with Gasteiger partial charge in [-0.3, -0.25) is 14.5 Å². The minimum Gasteiger partial charge on any atom is -0.289 e. The molecule has 0 radical (unpaired) electrons. The molecule has 2 amide bonds. The lowest BCUT2D eigenvalue weighted by atomic mass is 9.97. The average molecular weight is 322 g/mol. The molecule has 1 aromatic rings. The second-order valence-electron chi connectivity index (χ2n) is 6.18. The van der Waals surface area contributed by atoms with Crippen LogP contribution in [0, 0.1) is 11.6 Å². The Kier molecular flexibility index (Phi) is 4.43. The summed E-state index contributed by atoms with van der Waals surface area (Å²) in [4.78, 5) is 28.1. The number of likely N-dealkylation sites (tertiary alicyclic amines) is 1. The summed E-state index contributed by atoms with van der Waals surface area (Å²) in [6.07, 6.45) is 4.22. The molecule has 2 unspecified atom stereocenters. The molecular formula is C17H20F2N2O2. The van der Waals surface area contributed by atoms with E-state index in [0.717, 1.165) is 49.3 Å². The molecule has 4 nitrogen and oxygen atoms in total. The van der Waals surface area contributed by atoms with Crippen molar-refractivity contribution >= 4 is 17.5 Å². The Hall–Kier alpha value is -1.82. The van der Waals surface area contributed by atoms with Crippen LogP contribution in [0.15, 0.2) is 18.2 Å². The highest BCUT2D eigenvalue weighted by Gasteiger charge is 2.44. The molecule has 2 aliphatic rings. The number of carbonyl (C=O) groups excluding carboxylic acids is 2. The van der Waals surface area contributed by atoms with E-state index in [-0.39, 0.29) is 23.9 Å². The smallest absolute Gasteiger partial charge is 0.251 e. The Bertz CT molecular complexity index is 635. The van der Waals surface area contributed by atoms with E-state index in [1.807, 2.05) is 0 Å². The molecule has 0 aromatic heterocycles. The van der Waals surface area contributed by atoms with Gasteiger partial charge in [0, 0.05) is 12.1 Å². The summed E-state index contributed by atoms with van der Waals surface area (Å²) >= 11 is 0. The third-order valence-corrected chi connectivity index (χ3v) is 4.83. The van der Waals surface area contributed by atoms with Gasteiger partial charge in [0.25, 0.3) is 5.91 Å². The van der Waals surface area contributed by atoms with E-state index >= 15 is 0 Å². The lowest BCUT2D eigenvalue weighted by Gasteiger charge is -2.38. The molecule has 6 heteroatoms. The van der Waals surface area contributed by atoms with Gasteiger partial charge in [-0.05, 0) is 37.9 Å². The van der Waals surface area contributed by atoms with Crippen LogP contribution >= 0.6 is 0 Å². The fraction of sp³-hybridized carbons (Fsp3) is 0.529. The Labute approximate surface area is 134 Å². The van der Waals surface area contributed by atoms with Crippen LogP contribution in [0.25, 0.3) is 0 Å². The predicted molar refractivity (Wildman–Crippen MR) is 81.9 cm³/mol. The summed E-state index contributed by atoms with van der Waals surface area (Å²) < 4.78 is 26.5. The van der Waals surface area contributed by atoms with Gasteiger partial charge in [0.1, 0.15) is 0 Å². The molecule has 0 bridgehead atoms. The predicted octanol–water partition coefficient (Wildman–Crippen LogP) is 2.86. The molecule has 2 saturated heterocycles. The van der Waals surface area contributed by atoms with Crippen LogP contribution in [0.2, 0.25) is 0 Å². The topological polar surface area (TPSA) is 40.6 Å². The molecule has 2 atom stereocenters. The van der Waals surface area contributed by atoms with Crippen LogP contribution in [-0.4, -0.2) is 35.3 Å². The molecule has 0 saturated carbocycles. The lowest BCUT2D eigenvalue weighted by Crippen LogP contribution is -2.49. The van der Waals surface area contributed by atoms with Crippen molar-refractivity contribution in [3.05, 3.63) is 29.8 Å². The maximum Gasteiger partial charge on any atom is 0.251 e. The van der Waals surface area contributed by atoms with Crippen LogP contribution in [0.5, 0.6) is 0 Å². The molecule has 124 valence electrons. The molecule has 2 aliphatic heterocycles. The first-order chi connectivity index (χ1) is 11.0. The zero-order chi connectivity index (χ0) is 16.6. The normalized spacial score (nSPS) is 26.1. The van der Waals surface area contributed by atoms with Crippen LogP contribution in [-0.2, 0) is 9.59 Å². The Morgan fingerprint density at radius 1 is 1.17 bits per heavy atom. The van der Waals surface area contributed by atoms with Crippen molar-refractivity contribution in [2.45, 2.75) is 51.1 Å². The Morgan fingerprint density at radius 2 is 1.96 bits per heavy atom. The van der Waals surface area contributed by atoms with Gasteiger partial charge in [-0.15, -0.1) is 0 Å². The number of piperidine rings is 1. The Morgan fingerprint density at radius 3 is 2.65 bits per heavy atom. The zero-order valence-corrected chi connectivity index (χ0v) is 13.1. The van der Waals surface area contributed by atoms with E-state index in [1.54, 1.807) is 0 Å². The van der Waals surface area contributed by atoms with Crippen molar-refractivity contribution in [1.82, 2.24) is 4.90 Å². The fourth-order valence-corrected chi connectivity index (χ4v) is 3.64. The van der Waals surface area contributed by atoms with E-state index in [4.69, 9.17) is 0 Å². The third-order valence-electron chi connectivity index (χ3n) is 4.83. The van der Waals surface area contributed by atoms with Crippen molar-refractivity contribution in [3.8, 4) is 0 Å². The van der Waals surface area contributed by atoms with Crippen LogP contribution in [0.3, 0.4) is 0 Å². The molecule has 0 spiro atoms. The fourth-order valence-electron chi connectivity index (χ4n) is 3.64. The maximum atomic E-state index is 13.4. The largest absolute Gasteiger partial charge is 0.289 e. The van der Waals surface area contributed by atoms with Gasteiger partial charge in [0.15, 0.2) is 11.6 Å². The standard InChI is InChI=1S/C17H20F2N2O2/c1-2-11-5-3-4-8-20(11)15-10-16(22)21(17(15)23)12-6-7-13(18)14(19)9-12/h6-7,9,11,15H,2-5,8,10H2,1H3. The van der Waals surface area contributed by atoms with Crippen molar-refractivity contribution < 1.29 is 18.4 Å². The van der Waals surface area contributed by atoms with Crippen LogP contribution in [0.1, 0.15) is 39.0 Å². The number of halogens is 2. The van der Waals surface area contributed by atoms with Gasteiger partial charge in [-0.2, -0.15) is 0 Å². The minimum atomic E-state index is -1.06. The highest BCUT2D eigenvalue weighted by Crippen LogP contribution is 2.31. The summed E-state index contributed by atoms with van der Waals surface area (Å²) in [5.74, 6) is -2.74. The Balaban J connectivity index is 1.86. The van der Waals surface area contributed by atoms with Gasteiger partial charge in [-0.1, -0.05) is 13.3 Å². The molecule has 3 rings (SSSR count). The zero-order valence-electron chi connectivity index (χ0n) is 13.1. The molecule has 0 N–H and O–H groups in total. The van der Waals surface area contributed by atoms with E-state index in [1.165, 1.54) is 6.07 Å². The van der Waals surface area contributed by atoms with Crippen molar-refractivity contribution in [3.63, 3.8) is 0 Å². The monoisotopic (exact) mass is 322 g/mol. The molecule has 2 fully saturated rings. The van der Waals surface area contributed by atoms with Gasteiger partial charge >= 0.3 is 0 Å². The number of anilines is 1. The van der Waals surface area contributed by atoms with Gasteiger partial charge < -0.3 is 0 Å². The number of nitrogens with zero attached hydrogens (tertiary/aromatic N) is 2. The number of hydrogen-bond acceptors (Lipinski definition) is 3. The minimum absolute atomic E-state index is 0.103. The van der Waals surface area contributed by atoms with E-state index in [0.29, 0.717) is 6.04 Å². The van der Waals surface area contributed by atoms with Crippen LogP contribution < -0.4 is 4.90 Å². The number of benzene rings is 1. The molecule has 23 heavy (non-hydrogen) atoms. The summed E-state index contributed by atoms with van der Waals surface area (Å²) in [7, 11) is 0. The van der Waals surface area contributed by atoms with Crippen LogP contribution in [0.4, 0.5) is 14.5 Å². The van der Waals surface area contributed by atoms with Crippen molar-refractivity contribution in [2.75, 3.05) is 11.4 Å². The first kappa shape index (κ1) is 16.1. The quantitative estimate of drug-likeness (QED) is 0.804. The van der Waals surface area contributed by atoms with Gasteiger partial charge in [-0.25, -0.2) is 13.7 Å². The van der Waals surface area contributed by atoms with E-state index < -0.39 is 17.7 Å². The highest BCUT2D eigenvalue weighted by molar-refractivity contribution is 6.22. The number of carbonyl (C=O) groups is 2. The number of imide groups is 1. The summed E-state index contributed by atoms with van der Waals surface area (Å²) in [6.45, 7) is 2.88. The van der Waals surface area contributed by atoms with E-state index in [9.17, 15) is 18.4 Å². The third kappa shape index (κ3) is 2.87. The number of hydrogen-bond donors (Lipinski definition) is 0. The molecular weight excluding hydrogens is 302 g/mol. The average Bonchev–Trinajstić information content (AvgIpc) is 2.85. The SMILES string of the molecule is CCC1CCCCN1C1CC(=O)N(c2ccc(F)c(F)c2)C1=O. The number of amides is 2. The lowest BCUT2D eigenvalue weighted by molar-refractivity contribution is -0.123. The molecule has 2 heterocycles.